The monoisotopic (exact) mass is 311 g/mol. The van der Waals surface area contributed by atoms with Gasteiger partial charge in [0.2, 0.25) is 5.91 Å². The van der Waals surface area contributed by atoms with Gasteiger partial charge in [-0.1, -0.05) is 0 Å². The SMILES string of the molecule is CC(=O)Nc1ccc(F)c(NC(=O)NC2CCSCC2)c1. The van der Waals surface area contributed by atoms with Crippen molar-refractivity contribution in [2.24, 2.45) is 0 Å². The molecule has 1 aliphatic rings. The Balaban J connectivity index is 1.97. The van der Waals surface area contributed by atoms with Crippen molar-refractivity contribution in [1.82, 2.24) is 5.32 Å². The number of carbonyl (C=O) groups is 2. The summed E-state index contributed by atoms with van der Waals surface area (Å²) in [5.74, 6) is 1.25. The molecule has 1 aromatic rings. The fraction of sp³-hybridized carbons (Fsp3) is 0.429. The third-order valence-electron chi connectivity index (χ3n) is 3.09. The van der Waals surface area contributed by atoms with Crippen LogP contribution < -0.4 is 16.0 Å². The standard InChI is InChI=1S/C14H18FN3O2S/c1-9(19)16-11-2-3-12(15)13(8-11)18-14(20)17-10-4-6-21-7-5-10/h2-3,8,10H,4-7H2,1H3,(H,16,19)(H2,17,18,20). The lowest BCUT2D eigenvalue weighted by molar-refractivity contribution is -0.114. The number of hydrogen-bond donors (Lipinski definition) is 3. The first-order chi connectivity index (χ1) is 10.0. The highest BCUT2D eigenvalue weighted by atomic mass is 32.2. The van der Waals surface area contributed by atoms with Crippen molar-refractivity contribution in [2.45, 2.75) is 25.8 Å². The van der Waals surface area contributed by atoms with Crippen molar-refractivity contribution in [3.8, 4) is 0 Å². The van der Waals surface area contributed by atoms with Gasteiger partial charge < -0.3 is 16.0 Å². The predicted molar refractivity (Wildman–Crippen MR) is 83.2 cm³/mol. The first kappa shape index (κ1) is 15.6. The number of carbonyl (C=O) groups excluding carboxylic acids is 2. The van der Waals surface area contributed by atoms with Crippen molar-refractivity contribution < 1.29 is 14.0 Å². The van der Waals surface area contributed by atoms with Crippen molar-refractivity contribution in [2.75, 3.05) is 22.1 Å². The molecule has 0 radical (unpaired) electrons. The second-order valence-corrected chi connectivity index (χ2v) is 6.09. The minimum absolute atomic E-state index is 0.0453. The van der Waals surface area contributed by atoms with E-state index in [1.807, 2.05) is 11.8 Å². The fourth-order valence-corrected chi connectivity index (χ4v) is 3.19. The van der Waals surface area contributed by atoms with Gasteiger partial charge in [-0.3, -0.25) is 4.79 Å². The van der Waals surface area contributed by atoms with Gasteiger partial charge in [0.25, 0.3) is 0 Å². The summed E-state index contributed by atoms with van der Waals surface area (Å²) in [6, 6.07) is 3.75. The molecule has 2 rings (SSSR count). The van der Waals surface area contributed by atoms with Crippen LogP contribution >= 0.6 is 11.8 Å². The largest absolute Gasteiger partial charge is 0.335 e. The zero-order chi connectivity index (χ0) is 15.2. The Bertz CT molecular complexity index is 533. The number of nitrogens with one attached hydrogen (secondary N) is 3. The van der Waals surface area contributed by atoms with Crippen LogP contribution in [0.5, 0.6) is 0 Å². The van der Waals surface area contributed by atoms with Crippen LogP contribution in [0.4, 0.5) is 20.6 Å². The summed E-state index contributed by atoms with van der Waals surface area (Å²) in [5, 5.41) is 7.87. The van der Waals surface area contributed by atoms with E-state index in [1.165, 1.54) is 25.1 Å². The average Bonchev–Trinajstić information content (AvgIpc) is 2.43. The highest BCUT2D eigenvalue weighted by Crippen LogP contribution is 2.20. The van der Waals surface area contributed by atoms with Crippen LogP contribution in [-0.4, -0.2) is 29.5 Å². The van der Waals surface area contributed by atoms with E-state index < -0.39 is 11.8 Å². The first-order valence-corrected chi connectivity index (χ1v) is 7.92. The van der Waals surface area contributed by atoms with E-state index in [0.29, 0.717) is 5.69 Å². The van der Waals surface area contributed by atoms with Gasteiger partial charge >= 0.3 is 6.03 Å². The maximum Gasteiger partial charge on any atom is 0.319 e. The molecule has 21 heavy (non-hydrogen) atoms. The minimum atomic E-state index is -0.543. The fourth-order valence-electron chi connectivity index (χ4n) is 2.09. The Hall–Kier alpha value is -1.76. The Kier molecular flexibility index (Phi) is 5.44. The van der Waals surface area contributed by atoms with E-state index in [1.54, 1.807) is 0 Å². The molecule has 1 saturated heterocycles. The summed E-state index contributed by atoms with van der Waals surface area (Å²) in [5.41, 5.74) is 0.484. The van der Waals surface area contributed by atoms with E-state index >= 15 is 0 Å². The molecule has 114 valence electrons. The second-order valence-electron chi connectivity index (χ2n) is 4.86. The molecular formula is C14H18FN3O2S. The van der Waals surface area contributed by atoms with E-state index in [4.69, 9.17) is 0 Å². The topological polar surface area (TPSA) is 70.2 Å². The Morgan fingerprint density at radius 2 is 1.95 bits per heavy atom. The molecule has 0 saturated carbocycles. The number of thioether (sulfide) groups is 1. The molecule has 0 aromatic heterocycles. The van der Waals surface area contributed by atoms with E-state index in [0.717, 1.165) is 24.3 Å². The smallest absolute Gasteiger partial charge is 0.319 e. The summed E-state index contributed by atoms with van der Waals surface area (Å²) in [6.45, 7) is 1.37. The molecule has 0 aliphatic carbocycles. The maximum absolute atomic E-state index is 13.7. The number of rotatable bonds is 3. The van der Waals surface area contributed by atoms with Crippen molar-refractivity contribution in [3.63, 3.8) is 0 Å². The third kappa shape index (κ3) is 4.93. The van der Waals surface area contributed by atoms with Crippen LogP contribution in [0, 0.1) is 5.82 Å². The normalized spacial score (nSPS) is 15.3. The molecule has 5 nitrogen and oxygen atoms in total. The van der Waals surface area contributed by atoms with E-state index in [-0.39, 0.29) is 17.6 Å². The van der Waals surface area contributed by atoms with Gasteiger partial charge in [-0.15, -0.1) is 0 Å². The van der Waals surface area contributed by atoms with Gasteiger partial charge in [0, 0.05) is 18.7 Å². The molecule has 7 heteroatoms. The molecule has 0 bridgehead atoms. The van der Waals surface area contributed by atoms with Gasteiger partial charge in [0.1, 0.15) is 5.82 Å². The first-order valence-electron chi connectivity index (χ1n) is 6.77. The average molecular weight is 311 g/mol. The van der Waals surface area contributed by atoms with Crippen LogP contribution in [0.25, 0.3) is 0 Å². The quantitative estimate of drug-likeness (QED) is 0.804. The van der Waals surface area contributed by atoms with Gasteiger partial charge in [0.05, 0.1) is 5.69 Å². The van der Waals surface area contributed by atoms with Crippen molar-refractivity contribution in [1.29, 1.82) is 0 Å². The number of amides is 3. The molecule has 1 aliphatic heterocycles. The van der Waals surface area contributed by atoms with Gasteiger partial charge in [0.15, 0.2) is 0 Å². The van der Waals surface area contributed by atoms with Crippen LogP contribution in [0.3, 0.4) is 0 Å². The molecule has 1 heterocycles. The third-order valence-corrected chi connectivity index (χ3v) is 4.14. The molecule has 1 aromatic carbocycles. The Morgan fingerprint density at radius 1 is 1.24 bits per heavy atom. The zero-order valence-corrected chi connectivity index (χ0v) is 12.6. The molecule has 3 amide bonds. The summed E-state index contributed by atoms with van der Waals surface area (Å²) >= 11 is 1.87. The number of anilines is 2. The number of benzene rings is 1. The molecular weight excluding hydrogens is 293 g/mol. The van der Waals surface area contributed by atoms with Crippen LogP contribution in [-0.2, 0) is 4.79 Å². The Morgan fingerprint density at radius 3 is 2.62 bits per heavy atom. The van der Waals surface area contributed by atoms with Gasteiger partial charge in [-0.2, -0.15) is 11.8 Å². The van der Waals surface area contributed by atoms with Crippen LogP contribution in [0.15, 0.2) is 18.2 Å². The van der Waals surface area contributed by atoms with Gasteiger partial charge in [-0.25, -0.2) is 9.18 Å². The molecule has 0 atom stereocenters. The number of hydrogen-bond acceptors (Lipinski definition) is 3. The lowest BCUT2D eigenvalue weighted by atomic mass is 10.1. The number of urea groups is 1. The summed E-state index contributed by atoms with van der Waals surface area (Å²) < 4.78 is 13.7. The van der Waals surface area contributed by atoms with Crippen LogP contribution in [0.2, 0.25) is 0 Å². The molecule has 3 N–H and O–H groups in total. The highest BCUT2D eigenvalue weighted by molar-refractivity contribution is 7.99. The summed E-state index contributed by atoms with van der Waals surface area (Å²) in [6.07, 6.45) is 1.85. The van der Waals surface area contributed by atoms with Crippen molar-refractivity contribution >= 4 is 35.1 Å². The van der Waals surface area contributed by atoms with E-state index in [2.05, 4.69) is 16.0 Å². The summed E-state index contributed by atoms with van der Waals surface area (Å²) in [4.78, 5) is 22.9. The van der Waals surface area contributed by atoms with E-state index in [9.17, 15) is 14.0 Å². The van der Waals surface area contributed by atoms with Gasteiger partial charge in [-0.05, 0) is 42.5 Å². The number of halogens is 1. The molecule has 1 fully saturated rings. The second kappa shape index (κ2) is 7.31. The lowest BCUT2D eigenvalue weighted by Crippen LogP contribution is -2.40. The zero-order valence-electron chi connectivity index (χ0n) is 11.7. The van der Waals surface area contributed by atoms with Crippen molar-refractivity contribution in [3.05, 3.63) is 24.0 Å². The maximum atomic E-state index is 13.7. The Labute approximate surface area is 127 Å². The van der Waals surface area contributed by atoms with Crippen LogP contribution in [0.1, 0.15) is 19.8 Å². The molecule has 0 unspecified atom stereocenters. The summed E-state index contributed by atoms with van der Waals surface area (Å²) in [7, 11) is 0. The molecule has 0 spiro atoms. The minimum Gasteiger partial charge on any atom is -0.335 e. The lowest BCUT2D eigenvalue weighted by Gasteiger charge is -2.22. The highest BCUT2D eigenvalue weighted by Gasteiger charge is 2.16. The predicted octanol–water partition coefficient (Wildman–Crippen LogP) is 2.80.